The Balaban J connectivity index is 2.37. The minimum atomic E-state index is -0.814. The minimum absolute atomic E-state index is 0.128. The molecule has 0 saturated heterocycles. The number of methoxy groups -OCH3 is 1. The molecule has 0 N–H and O–H groups in total. The zero-order chi connectivity index (χ0) is 14.7. The monoisotopic (exact) mass is 314 g/mol. The van der Waals surface area contributed by atoms with E-state index in [1.54, 1.807) is 6.07 Å². The lowest BCUT2D eigenvalue weighted by Crippen LogP contribution is -2.05. The van der Waals surface area contributed by atoms with Crippen LogP contribution in [0.2, 0.25) is 10.0 Å². The normalized spacial score (nSPS) is 10.2. The summed E-state index contributed by atoms with van der Waals surface area (Å²) in [6.07, 6.45) is 0. The summed E-state index contributed by atoms with van der Waals surface area (Å²) < 4.78 is 24.0. The number of ether oxygens (including phenoxy) is 2. The first kappa shape index (κ1) is 14.6. The zero-order valence-corrected chi connectivity index (χ0v) is 11.8. The van der Waals surface area contributed by atoms with E-state index >= 15 is 0 Å². The lowest BCUT2D eigenvalue weighted by atomic mass is 10.2. The molecule has 0 saturated carbocycles. The van der Waals surface area contributed by atoms with Crippen LogP contribution in [-0.2, 0) is 4.74 Å². The van der Waals surface area contributed by atoms with Crippen molar-refractivity contribution in [3.63, 3.8) is 0 Å². The van der Waals surface area contributed by atoms with Gasteiger partial charge in [-0.15, -0.1) is 0 Å². The molecule has 0 bridgehead atoms. The average Bonchev–Trinajstić information content (AvgIpc) is 2.43. The summed E-state index contributed by atoms with van der Waals surface area (Å²) in [5.74, 6) is -1.49. The summed E-state index contributed by atoms with van der Waals surface area (Å²) in [4.78, 5) is 11.4. The van der Waals surface area contributed by atoms with E-state index in [1.807, 2.05) is 0 Å². The highest BCUT2D eigenvalue weighted by Crippen LogP contribution is 2.33. The molecule has 2 aromatic carbocycles. The summed E-state index contributed by atoms with van der Waals surface area (Å²) in [5, 5.41) is 0.673. The van der Waals surface area contributed by atoms with Gasteiger partial charge >= 0.3 is 5.97 Å². The Kier molecular flexibility index (Phi) is 4.47. The van der Waals surface area contributed by atoms with Gasteiger partial charge in [-0.1, -0.05) is 29.3 Å². The first-order valence-electron chi connectivity index (χ1n) is 5.52. The molecule has 6 heteroatoms. The van der Waals surface area contributed by atoms with E-state index in [1.165, 1.54) is 37.4 Å². The Bertz CT molecular complexity index is 659. The van der Waals surface area contributed by atoms with Gasteiger partial charge in [0.1, 0.15) is 5.75 Å². The van der Waals surface area contributed by atoms with Crippen molar-refractivity contribution >= 4 is 29.2 Å². The number of carbonyl (C=O) groups is 1. The van der Waals surface area contributed by atoms with Gasteiger partial charge in [0.05, 0.1) is 17.7 Å². The lowest BCUT2D eigenvalue weighted by Gasteiger charge is -2.10. The Morgan fingerprint density at radius 2 is 1.90 bits per heavy atom. The van der Waals surface area contributed by atoms with Gasteiger partial charge in [-0.2, -0.15) is 0 Å². The lowest BCUT2D eigenvalue weighted by molar-refractivity contribution is 0.0594. The van der Waals surface area contributed by atoms with Crippen molar-refractivity contribution in [2.24, 2.45) is 0 Å². The molecule has 0 radical (unpaired) electrons. The third-order valence-corrected chi connectivity index (χ3v) is 3.01. The van der Waals surface area contributed by atoms with E-state index in [0.717, 1.165) is 0 Å². The van der Waals surface area contributed by atoms with Gasteiger partial charge in [-0.25, -0.2) is 9.18 Å². The summed E-state index contributed by atoms with van der Waals surface area (Å²) in [6, 6.07) is 8.71. The maximum absolute atomic E-state index is 14.1. The third-order valence-electron chi connectivity index (χ3n) is 2.48. The molecule has 0 aliphatic heterocycles. The number of hydrogen-bond acceptors (Lipinski definition) is 3. The standard InChI is InChI=1S/C14H9Cl2FO3/c1-19-14(18)9-3-2-4-12(13(9)17)20-11-6-5-8(15)7-10(11)16/h2-7H,1H3. The first-order chi connectivity index (χ1) is 9.52. The molecule has 0 fully saturated rings. The van der Waals surface area contributed by atoms with E-state index in [2.05, 4.69) is 4.74 Å². The van der Waals surface area contributed by atoms with Crippen molar-refractivity contribution in [3.8, 4) is 11.5 Å². The molecular weight excluding hydrogens is 306 g/mol. The van der Waals surface area contributed by atoms with Gasteiger partial charge in [0.15, 0.2) is 11.6 Å². The number of halogens is 3. The SMILES string of the molecule is COC(=O)c1cccc(Oc2ccc(Cl)cc2Cl)c1F. The van der Waals surface area contributed by atoms with E-state index in [9.17, 15) is 9.18 Å². The molecular formula is C14H9Cl2FO3. The van der Waals surface area contributed by atoms with Crippen LogP contribution in [0.5, 0.6) is 11.5 Å². The van der Waals surface area contributed by atoms with Crippen LogP contribution in [0, 0.1) is 5.82 Å². The quantitative estimate of drug-likeness (QED) is 0.769. The summed E-state index contributed by atoms with van der Waals surface area (Å²) in [7, 11) is 1.17. The van der Waals surface area contributed by atoms with Crippen molar-refractivity contribution in [1.82, 2.24) is 0 Å². The van der Waals surface area contributed by atoms with Crippen LogP contribution < -0.4 is 4.74 Å². The second-order valence-corrected chi connectivity index (χ2v) is 4.63. The van der Waals surface area contributed by atoms with Crippen molar-refractivity contribution in [2.75, 3.05) is 7.11 Å². The summed E-state index contributed by atoms with van der Waals surface area (Å²) in [5.41, 5.74) is -0.213. The second kappa shape index (κ2) is 6.11. The number of rotatable bonds is 3. The average molecular weight is 315 g/mol. The van der Waals surface area contributed by atoms with Crippen LogP contribution >= 0.6 is 23.2 Å². The predicted octanol–water partition coefficient (Wildman–Crippen LogP) is 4.71. The third kappa shape index (κ3) is 3.03. The van der Waals surface area contributed by atoms with Gasteiger partial charge in [-0.05, 0) is 30.3 Å². The predicted molar refractivity (Wildman–Crippen MR) is 74.3 cm³/mol. The maximum atomic E-state index is 14.1. The molecule has 0 atom stereocenters. The Labute approximate surface area is 124 Å². The van der Waals surface area contributed by atoms with Gasteiger partial charge in [0, 0.05) is 5.02 Å². The van der Waals surface area contributed by atoms with Gasteiger partial charge in [0.2, 0.25) is 0 Å². The molecule has 0 unspecified atom stereocenters. The van der Waals surface area contributed by atoms with Crippen molar-refractivity contribution in [2.45, 2.75) is 0 Å². The van der Waals surface area contributed by atoms with Crippen LogP contribution in [0.3, 0.4) is 0 Å². The Morgan fingerprint density at radius 3 is 2.55 bits per heavy atom. The van der Waals surface area contributed by atoms with Crippen molar-refractivity contribution in [1.29, 1.82) is 0 Å². The minimum Gasteiger partial charge on any atom is -0.465 e. The molecule has 0 amide bonds. The molecule has 3 nitrogen and oxygen atoms in total. The van der Waals surface area contributed by atoms with Crippen LogP contribution in [0.4, 0.5) is 4.39 Å². The molecule has 20 heavy (non-hydrogen) atoms. The molecule has 104 valence electrons. The number of carbonyl (C=O) groups excluding carboxylic acids is 1. The number of benzene rings is 2. The molecule has 0 aliphatic rings. The van der Waals surface area contributed by atoms with Gasteiger partial charge < -0.3 is 9.47 Å². The fraction of sp³-hybridized carbons (Fsp3) is 0.0714. The molecule has 0 aromatic heterocycles. The van der Waals surface area contributed by atoms with Crippen LogP contribution in [0.1, 0.15) is 10.4 Å². The zero-order valence-electron chi connectivity index (χ0n) is 10.3. The van der Waals surface area contributed by atoms with E-state index in [0.29, 0.717) is 5.02 Å². The molecule has 0 heterocycles. The second-order valence-electron chi connectivity index (χ2n) is 3.79. The van der Waals surface area contributed by atoms with Crippen LogP contribution in [-0.4, -0.2) is 13.1 Å². The molecule has 2 rings (SSSR count). The maximum Gasteiger partial charge on any atom is 0.340 e. The van der Waals surface area contributed by atoms with Crippen molar-refractivity contribution < 1.29 is 18.7 Å². The number of esters is 1. The first-order valence-corrected chi connectivity index (χ1v) is 6.28. The molecule has 2 aromatic rings. The topological polar surface area (TPSA) is 35.5 Å². The summed E-state index contributed by atoms with van der Waals surface area (Å²) >= 11 is 11.7. The largest absolute Gasteiger partial charge is 0.465 e. The highest BCUT2D eigenvalue weighted by atomic mass is 35.5. The number of hydrogen-bond donors (Lipinski definition) is 0. The Hall–Kier alpha value is -1.78. The van der Waals surface area contributed by atoms with E-state index < -0.39 is 11.8 Å². The van der Waals surface area contributed by atoms with Crippen LogP contribution in [0.15, 0.2) is 36.4 Å². The summed E-state index contributed by atoms with van der Waals surface area (Å²) in [6.45, 7) is 0. The Morgan fingerprint density at radius 1 is 1.15 bits per heavy atom. The highest BCUT2D eigenvalue weighted by Gasteiger charge is 2.17. The smallest absolute Gasteiger partial charge is 0.340 e. The van der Waals surface area contributed by atoms with Gasteiger partial charge in [-0.3, -0.25) is 0 Å². The van der Waals surface area contributed by atoms with Crippen LogP contribution in [0.25, 0.3) is 0 Å². The van der Waals surface area contributed by atoms with Crippen molar-refractivity contribution in [3.05, 3.63) is 57.8 Å². The highest BCUT2D eigenvalue weighted by molar-refractivity contribution is 6.35. The van der Waals surface area contributed by atoms with Gasteiger partial charge in [0.25, 0.3) is 0 Å². The fourth-order valence-electron chi connectivity index (χ4n) is 1.53. The van der Waals surface area contributed by atoms with E-state index in [-0.39, 0.29) is 22.1 Å². The molecule has 0 spiro atoms. The fourth-order valence-corrected chi connectivity index (χ4v) is 1.98. The molecule has 0 aliphatic carbocycles. The van der Waals surface area contributed by atoms with E-state index in [4.69, 9.17) is 27.9 Å².